The van der Waals surface area contributed by atoms with Crippen LogP contribution in [0, 0.1) is 0 Å². The minimum atomic E-state index is 0.109. The molecule has 2 fully saturated rings. The molecular formula is C16H32N4O2. The van der Waals surface area contributed by atoms with E-state index < -0.39 is 0 Å². The molecule has 0 aromatic rings. The number of piperidine rings is 1. The lowest BCUT2D eigenvalue weighted by Gasteiger charge is -2.35. The van der Waals surface area contributed by atoms with E-state index in [-0.39, 0.29) is 6.03 Å². The second-order valence-electron chi connectivity index (χ2n) is 6.23. The van der Waals surface area contributed by atoms with Crippen molar-refractivity contribution in [3.63, 3.8) is 0 Å². The lowest BCUT2D eigenvalue weighted by molar-refractivity contribution is 0.0359. The summed E-state index contributed by atoms with van der Waals surface area (Å²) in [5.74, 6) is 0. The lowest BCUT2D eigenvalue weighted by Crippen LogP contribution is -2.53. The fourth-order valence-electron chi connectivity index (χ4n) is 3.17. The number of hydrogen-bond donors (Lipinski definition) is 2. The van der Waals surface area contributed by atoms with E-state index in [1.807, 2.05) is 0 Å². The van der Waals surface area contributed by atoms with Crippen molar-refractivity contribution >= 4 is 6.03 Å². The molecule has 2 saturated heterocycles. The first-order valence-corrected chi connectivity index (χ1v) is 8.86. The Balaban J connectivity index is 1.78. The van der Waals surface area contributed by atoms with E-state index in [0.717, 1.165) is 84.7 Å². The third-order valence-corrected chi connectivity index (χ3v) is 4.48. The highest BCUT2D eigenvalue weighted by Crippen LogP contribution is 2.12. The van der Waals surface area contributed by atoms with Crippen LogP contribution in [0.25, 0.3) is 0 Å². The monoisotopic (exact) mass is 312 g/mol. The van der Waals surface area contributed by atoms with E-state index >= 15 is 0 Å². The number of carbonyl (C=O) groups is 1. The van der Waals surface area contributed by atoms with E-state index in [9.17, 15) is 4.79 Å². The van der Waals surface area contributed by atoms with Crippen molar-refractivity contribution < 1.29 is 9.53 Å². The maximum absolute atomic E-state index is 12.4. The fourth-order valence-corrected chi connectivity index (χ4v) is 3.17. The van der Waals surface area contributed by atoms with Crippen LogP contribution in [-0.4, -0.2) is 80.9 Å². The Morgan fingerprint density at radius 3 is 2.91 bits per heavy atom. The smallest absolute Gasteiger partial charge is 0.317 e. The van der Waals surface area contributed by atoms with Crippen molar-refractivity contribution in [2.24, 2.45) is 0 Å². The molecule has 22 heavy (non-hydrogen) atoms. The van der Waals surface area contributed by atoms with Crippen molar-refractivity contribution in [1.29, 1.82) is 0 Å². The quantitative estimate of drug-likeness (QED) is 0.733. The molecule has 0 aromatic heterocycles. The van der Waals surface area contributed by atoms with Gasteiger partial charge >= 0.3 is 6.03 Å². The summed E-state index contributed by atoms with van der Waals surface area (Å²) in [6, 6.07) is 0.452. The van der Waals surface area contributed by atoms with Gasteiger partial charge in [-0.2, -0.15) is 0 Å². The van der Waals surface area contributed by atoms with E-state index in [1.54, 1.807) is 0 Å². The van der Waals surface area contributed by atoms with Gasteiger partial charge in [0.1, 0.15) is 0 Å². The molecule has 6 nitrogen and oxygen atoms in total. The molecule has 2 rings (SSSR count). The van der Waals surface area contributed by atoms with Gasteiger partial charge in [0.25, 0.3) is 0 Å². The van der Waals surface area contributed by atoms with Crippen molar-refractivity contribution in [3.05, 3.63) is 0 Å². The molecule has 0 aliphatic carbocycles. The molecule has 2 N–H and O–H groups in total. The Labute approximate surface area is 134 Å². The van der Waals surface area contributed by atoms with Crippen LogP contribution < -0.4 is 10.6 Å². The van der Waals surface area contributed by atoms with Gasteiger partial charge in [0.05, 0.1) is 13.2 Å². The molecule has 0 spiro atoms. The predicted octanol–water partition coefficient (Wildman–Crippen LogP) is 0.882. The molecule has 1 atom stereocenters. The average Bonchev–Trinajstić information content (AvgIpc) is 2.58. The summed E-state index contributed by atoms with van der Waals surface area (Å²) in [4.78, 5) is 16.9. The zero-order chi connectivity index (χ0) is 15.6. The fraction of sp³-hybridized carbons (Fsp3) is 0.938. The van der Waals surface area contributed by atoms with Crippen LogP contribution in [0.4, 0.5) is 4.79 Å². The third kappa shape index (κ3) is 5.74. The number of urea groups is 1. The molecule has 1 unspecified atom stereocenters. The van der Waals surface area contributed by atoms with Gasteiger partial charge in [-0.25, -0.2) is 4.79 Å². The topological polar surface area (TPSA) is 56.8 Å². The summed E-state index contributed by atoms with van der Waals surface area (Å²) in [6.07, 6.45) is 4.29. The molecule has 2 heterocycles. The lowest BCUT2D eigenvalue weighted by atomic mass is 10.1. The van der Waals surface area contributed by atoms with Crippen LogP contribution in [0.1, 0.15) is 32.6 Å². The number of amides is 2. The summed E-state index contributed by atoms with van der Waals surface area (Å²) in [5.41, 5.74) is 0. The van der Waals surface area contributed by atoms with Gasteiger partial charge in [0.15, 0.2) is 0 Å². The van der Waals surface area contributed by atoms with Gasteiger partial charge in [-0.15, -0.1) is 0 Å². The van der Waals surface area contributed by atoms with Crippen LogP contribution in [0.5, 0.6) is 0 Å². The maximum atomic E-state index is 12.4. The number of hydrogen-bond acceptors (Lipinski definition) is 4. The molecular weight excluding hydrogens is 280 g/mol. The number of carbonyl (C=O) groups excluding carboxylic acids is 1. The van der Waals surface area contributed by atoms with E-state index in [0.29, 0.717) is 6.04 Å². The number of rotatable bonds is 7. The Kier molecular flexibility index (Phi) is 7.98. The van der Waals surface area contributed by atoms with Crippen molar-refractivity contribution in [2.45, 2.75) is 38.6 Å². The van der Waals surface area contributed by atoms with Crippen LogP contribution in [0.15, 0.2) is 0 Å². The predicted molar refractivity (Wildman–Crippen MR) is 88.2 cm³/mol. The zero-order valence-electron chi connectivity index (χ0n) is 14.0. The first kappa shape index (κ1) is 17.5. The minimum absolute atomic E-state index is 0.109. The standard InChI is InChI=1S/C16H32N4O2/c1-2-6-18-16(21)20(15-5-3-7-17-14-15)9-4-8-19-10-12-22-13-11-19/h15,17H,2-14H2,1H3,(H,18,21). The molecule has 6 heteroatoms. The largest absolute Gasteiger partial charge is 0.379 e. The summed E-state index contributed by atoms with van der Waals surface area (Å²) in [5, 5.41) is 6.46. The molecule has 0 radical (unpaired) electrons. The summed E-state index contributed by atoms with van der Waals surface area (Å²) in [7, 11) is 0. The van der Waals surface area contributed by atoms with Crippen LogP contribution >= 0.6 is 0 Å². The number of nitrogens with one attached hydrogen (secondary N) is 2. The Morgan fingerprint density at radius 1 is 1.41 bits per heavy atom. The van der Waals surface area contributed by atoms with Crippen LogP contribution in [0.3, 0.4) is 0 Å². The first-order chi connectivity index (χ1) is 10.8. The number of nitrogens with zero attached hydrogens (tertiary/aromatic N) is 2. The highest BCUT2D eigenvalue weighted by molar-refractivity contribution is 5.74. The van der Waals surface area contributed by atoms with Crippen molar-refractivity contribution in [1.82, 2.24) is 20.4 Å². The summed E-state index contributed by atoms with van der Waals surface area (Å²) < 4.78 is 5.38. The highest BCUT2D eigenvalue weighted by Gasteiger charge is 2.25. The van der Waals surface area contributed by atoms with Gasteiger partial charge in [-0.1, -0.05) is 6.92 Å². The molecule has 0 bridgehead atoms. The minimum Gasteiger partial charge on any atom is -0.379 e. The Bertz CT molecular complexity index is 315. The van der Waals surface area contributed by atoms with E-state index in [1.165, 1.54) is 0 Å². The molecule has 0 saturated carbocycles. The van der Waals surface area contributed by atoms with Gasteiger partial charge in [-0.05, 0) is 32.2 Å². The second kappa shape index (κ2) is 10.0. The SMILES string of the molecule is CCCNC(=O)N(CCCN1CCOCC1)C1CCCNC1. The number of ether oxygens (including phenoxy) is 1. The highest BCUT2D eigenvalue weighted by atomic mass is 16.5. The molecule has 128 valence electrons. The molecule has 0 aromatic carbocycles. The van der Waals surface area contributed by atoms with Gasteiger partial charge in [0.2, 0.25) is 0 Å². The summed E-state index contributed by atoms with van der Waals surface area (Å²) >= 11 is 0. The van der Waals surface area contributed by atoms with E-state index in [2.05, 4.69) is 27.4 Å². The van der Waals surface area contributed by atoms with Crippen molar-refractivity contribution in [2.75, 3.05) is 59.0 Å². The number of morpholine rings is 1. The van der Waals surface area contributed by atoms with Gasteiger partial charge < -0.3 is 20.3 Å². The van der Waals surface area contributed by atoms with Gasteiger partial charge in [0, 0.05) is 45.3 Å². The molecule has 2 aliphatic rings. The summed E-state index contributed by atoms with van der Waals surface area (Å²) in [6.45, 7) is 10.5. The second-order valence-corrected chi connectivity index (χ2v) is 6.23. The zero-order valence-corrected chi connectivity index (χ0v) is 14.0. The van der Waals surface area contributed by atoms with Crippen molar-refractivity contribution in [3.8, 4) is 0 Å². The average molecular weight is 312 g/mol. The normalized spacial score (nSPS) is 23.2. The third-order valence-electron chi connectivity index (χ3n) is 4.48. The maximum Gasteiger partial charge on any atom is 0.317 e. The van der Waals surface area contributed by atoms with Gasteiger partial charge in [-0.3, -0.25) is 4.90 Å². The van der Waals surface area contributed by atoms with Crippen LogP contribution in [0.2, 0.25) is 0 Å². The molecule has 2 aliphatic heterocycles. The first-order valence-electron chi connectivity index (χ1n) is 8.86. The Hall–Kier alpha value is -0.850. The van der Waals surface area contributed by atoms with Crippen LogP contribution in [-0.2, 0) is 4.74 Å². The molecule has 2 amide bonds. The Morgan fingerprint density at radius 2 is 2.23 bits per heavy atom. The van der Waals surface area contributed by atoms with E-state index in [4.69, 9.17) is 4.74 Å².